The Bertz CT molecular complexity index is 654. The molecule has 0 saturated carbocycles. The van der Waals surface area contributed by atoms with Crippen molar-refractivity contribution in [3.8, 4) is 11.5 Å². The van der Waals surface area contributed by atoms with Crippen LogP contribution in [-0.4, -0.2) is 20.1 Å². The topological polar surface area (TPSA) is 47.6 Å². The van der Waals surface area contributed by atoms with E-state index >= 15 is 0 Å². The van der Waals surface area contributed by atoms with Gasteiger partial charge in [-0.1, -0.05) is 0 Å². The fraction of sp³-hybridized carbons (Fsp3) is 0.133. The third-order valence-electron chi connectivity index (χ3n) is 2.79. The Labute approximate surface area is 130 Å². The van der Waals surface area contributed by atoms with Gasteiger partial charge in [0.2, 0.25) is 0 Å². The minimum atomic E-state index is -0.415. The molecule has 2 aromatic rings. The van der Waals surface area contributed by atoms with Gasteiger partial charge in [0.25, 0.3) is 5.91 Å². The van der Waals surface area contributed by atoms with E-state index in [1.54, 1.807) is 18.2 Å². The molecule has 1 amide bonds. The van der Waals surface area contributed by atoms with Crippen molar-refractivity contribution in [3.63, 3.8) is 0 Å². The third-order valence-corrected chi connectivity index (χ3v) is 3.44. The van der Waals surface area contributed by atoms with Crippen molar-refractivity contribution in [2.24, 2.45) is 0 Å². The molecule has 110 valence electrons. The van der Waals surface area contributed by atoms with E-state index in [9.17, 15) is 9.18 Å². The standard InChI is InChI=1S/C15H13BrFNO3/c1-20-11-6-10(7-12(8-11)21-2)18-15(19)13-4-3-9(17)5-14(13)16/h3-8H,1-2H3,(H,18,19). The van der Waals surface area contributed by atoms with Crippen molar-refractivity contribution in [2.75, 3.05) is 19.5 Å². The first-order chi connectivity index (χ1) is 10.0. The van der Waals surface area contributed by atoms with Gasteiger partial charge in [0.1, 0.15) is 17.3 Å². The number of methoxy groups -OCH3 is 2. The van der Waals surface area contributed by atoms with E-state index in [4.69, 9.17) is 9.47 Å². The van der Waals surface area contributed by atoms with E-state index in [0.29, 0.717) is 27.2 Å². The van der Waals surface area contributed by atoms with Gasteiger partial charge in [0.15, 0.2) is 0 Å². The number of ether oxygens (including phenoxy) is 2. The molecule has 0 radical (unpaired) electrons. The zero-order chi connectivity index (χ0) is 15.4. The molecule has 0 fully saturated rings. The first kappa shape index (κ1) is 15.3. The maximum atomic E-state index is 13.0. The summed E-state index contributed by atoms with van der Waals surface area (Å²) in [6.45, 7) is 0. The minimum absolute atomic E-state index is 0.332. The molecule has 0 atom stereocenters. The molecule has 0 spiro atoms. The van der Waals surface area contributed by atoms with Gasteiger partial charge in [-0.05, 0) is 34.1 Å². The summed E-state index contributed by atoms with van der Waals surface area (Å²) in [4.78, 5) is 12.2. The van der Waals surface area contributed by atoms with Crippen LogP contribution in [0.4, 0.5) is 10.1 Å². The highest BCUT2D eigenvalue weighted by molar-refractivity contribution is 9.10. The van der Waals surface area contributed by atoms with Crippen molar-refractivity contribution in [1.29, 1.82) is 0 Å². The summed E-state index contributed by atoms with van der Waals surface area (Å²) in [7, 11) is 3.05. The molecule has 4 nitrogen and oxygen atoms in total. The molecule has 6 heteroatoms. The van der Waals surface area contributed by atoms with Crippen molar-refractivity contribution in [1.82, 2.24) is 0 Å². The molecular weight excluding hydrogens is 341 g/mol. The van der Waals surface area contributed by atoms with E-state index < -0.39 is 5.82 Å². The number of hydrogen-bond donors (Lipinski definition) is 1. The molecule has 2 aromatic carbocycles. The normalized spacial score (nSPS) is 10.1. The molecule has 0 heterocycles. The minimum Gasteiger partial charge on any atom is -0.497 e. The molecule has 0 unspecified atom stereocenters. The maximum absolute atomic E-state index is 13.0. The van der Waals surface area contributed by atoms with Crippen LogP contribution < -0.4 is 14.8 Å². The zero-order valence-corrected chi connectivity index (χ0v) is 13.0. The Hall–Kier alpha value is -2.08. The monoisotopic (exact) mass is 353 g/mol. The van der Waals surface area contributed by atoms with Gasteiger partial charge in [-0.25, -0.2) is 4.39 Å². The van der Waals surface area contributed by atoms with E-state index in [1.165, 1.54) is 32.4 Å². The van der Waals surface area contributed by atoms with Gasteiger partial charge in [-0.15, -0.1) is 0 Å². The van der Waals surface area contributed by atoms with Crippen molar-refractivity contribution in [3.05, 3.63) is 52.3 Å². The van der Waals surface area contributed by atoms with Crippen LogP contribution in [0.3, 0.4) is 0 Å². The maximum Gasteiger partial charge on any atom is 0.256 e. The second-order valence-corrected chi connectivity index (χ2v) is 5.03. The Morgan fingerprint density at radius 1 is 1.10 bits per heavy atom. The number of hydrogen-bond acceptors (Lipinski definition) is 3. The van der Waals surface area contributed by atoms with E-state index in [2.05, 4.69) is 21.2 Å². The Morgan fingerprint density at radius 2 is 1.71 bits per heavy atom. The summed E-state index contributed by atoms with van der Waals surface area (Å²) >= 11 is 3.17. The highest BCUT2D eigenvalue weighted by Gasteiger charge is 2.12. The summed E-state index contributed by atoms with van der Waals surface area (Å²) in [5, 5.41) is 2.72. The van der Waals surface area contributed by atoms with Crippen molar-refractivity contribution in [2.45, 2.75) is 0 Å². The van der Waals surface area contributed by atoms with E-state index in [0.717, 1.165) is 0 Å². The highest BCUT2D eigenvalue weighted by atomic mass is 79.9. The van der Waals surface area contributed by atoms with Crippen LogP contribution in [0.2, 0.25) is 0 Å². The average Bonchev–Trinajstić information content (AvgIpc) is 2.46. The van der Waals surface area contributed by atoms with Crippen LogP contribution in [0.15, 0.2) is 40.9 Å². The second kappa shape index (κ2) is 6.58. The lowest BCUT2D eigenvalue weighted by Crippen LogP contribution is -2.12. The number of carbonyl (C=O) groups excluding carboxylic acids is 1. The fourth-order valence-electron chi connectivity index (χ4n) is 1.75. The summed E-state index contributed by atoms with van der Waals surface area (Å²) in [6, 6.07) is 8.90. The van der Waals surface area contributed by atoms with Crippen molar-refractivity contribution < 1.29 is 18.7 Å². The lowest BCUT2D eigenvalue weighted by atomic mass is 10.2. The smallest absolute Gasteiger partial charge is 0.256 e. The summed E-state index contributed by atoms with van der Waals surface area (Å²) in [6.07, 6.45) is 0. The molecule has 0 bridgehead atoms. The number of anilines is 1. The Kier molecular flexibility index (Phi) is 4.80. The lowest BCUT2D eigenvalue weighted by molar-refractivity contribution is 0.102. The zero-order valence-electron chi connectivity index (χ0n) is 11.4. The number of amides is 1. The van der Waals surface area contributed by atoms with Crippen molar-refractivity contribution >= 4 is 27.5 Å². The van der Waals surface area contributed by atoms with Crippen LogP contribution in [-0.2, 0) is 0 Å². The predicted molar refractivity (Wildman–Crippen MR) is 81.6 cm³/mol. The van der Waals surface area contributed by atoms with Gasteiger partial charge < -0.3 is 14.8 Å². The number of rotatable bonds is 4. The average molecular weight is 354 g/mol. The predicted octanol–water partition coefficient (Wildman–Crippen LogP) is 3.86. The molecule has 0 aromatic heterocycles. The van der Waals surface area contributed by atoms with Crippen LogP contribution >= 0.6 is 15.9 Å². The Balaban J connectivity index is 2.26. The number of nitrogens with one attached hydrogen (secondary N) is 1. The fourth-order valence-corrected chi connectivity index (χ4v) is 2.28. The first-order valence-electron chi connectivity index (χ1n) is 6.03. The Morgan fingerprint density at radius 3 is 2.24 bits per heavy atom. The quantitative estimate of drug-likeness (QED) is 0.907. The molecule has 0 aliphatic rings. The third kappa shape index (κ3) is 3.72. The van der Waals surface area contributed by atoms with Gasteiger partial charge in [0.05, 0.1) is 19.8 Å². The molecule has 21 heavy (non-hydrogen) atoms. The van der Waals surface area contributed by atoms with E-state index in [1.807, 2.05) is 0 Å². The van der Waals surface area contributed by atoms with Gasteiger partial charge in [-0.3, -0.25) is 4.79 Å². The molecule has 0 aliphatic carbocycles. The number of halogens is 2. The van der Waals surface area contributed by atoms with Crippen LogP contribution in [0, 0.1) is 5.82 Å². The molecule has 0 aliphatic heterocycles. The van der Waals surface area contributed by atoms with E-state index in [-0.39, 0.29) is 5.91 Å². The largest absolute Gasteiger partial charge is 0.497 e. The number of carbonyl (C=O) groups is 1. The summed E-state index contributed by atoms with van der Waals surface area (Å²) in [5.41, 5.74) is 0.852. The van der Waals surface area contributed by atoms with Crippen LogP contribution in [0.25, 0.3) is 0 Å². The summed E-state index contributed by atoms with van der Waals surface area (Å²) in [5.74, 6) is 0.337. The first-order valence-corrected chi connectivity index (χ1v) is 6.82. The molecular formula is C15H13BrFNO3. The SMILES string of the molecule is COc1cc(NC(=O)c2ccc(F)cc2Br)cc(OC)c1. The highest BCUT2D eigenvalue weighted by Crippen LogP contribution is 2.27. The van der Waals surface area contributed by atoms with Crippen LogP contribution in [0.1, 0.15) is 10.4 Å². The second-order valence-electron chi connectivity index (χ2n) is 4.18. The van der Waals surface area contributed by atoms with Gasteiger partial charge >= 0.3 is 0 Å². The molecule has 1 N–H and O–H groups in total. The van der Waals surface area contributed by atoms with Crippen LogP contribution in [0.5, 0.6) is 11.5 Å². The van der Waals surface area contributed by atoms with Gasteiger partial charge in [0, 0.05) is 28.4 Å². The lowest BCUT2D eigenvalue weighted by Gasteiger charge is -2.10. The van der Waals surface area contributed by atoms with Gasteiger partial charge in [-0.2, -0.15) is 0 Å². The molecule has 2 rings (SSSR count). The number of benzene rings is 2. The molecule has 0 saturated heterocycles. The summed E-state index contributed by atoms with van der Waals surface area (Å²) < 4.78 is 23.7.